The second kappa shape index (κ2) is 12.8. The van der Waals surface area contributed by atoms with E-state index in [0.29, 0.717) is 18.7 Å². The Labute approximate surface area is 228 Å². The lowest BCUT2D eigenvalue weighted by atomic mass is 9.85. The summed E-state index contributed by atoms with van der Waals surface area (Å²) in [5, 5.41) is 3.13. The number of rotatable bonds is 11. The molecular weight excluding hydrogens is 503 g/mol. The molecule has 212 valence electrons. The van der Waals surface area contributed by atoms with E-state index < -0.39 is 31.7 Å². The number of anilines is 1. The van der Waals surface area contributed by atoms with E-state index in [1.165, 1.54) is 6.07 Å². The van der Waals surface area contributed by atoms with Crippen LogP contribution in [-0.2, 0) is 21.2 Å². The Kier molecular flexibility index (Phi) is 10.8. The minimum Gasteiger partial charge on any atom is -0.413 e. The lowest BCUT2D eigenvalue weighted by Gasteiger charge is -2.36. The number of carbonyl (C=O) groups excluding carboxylic acids is 1. The zero-order valence-corrected chi connectivity index (χ0v) is 25.7. The molecule has 1 amide bonds. The van der Waals surface area contributed by atoms with Gasteiger partial charge in [-0.15, -0.1) is 0 Å². The highest BCUT2D eigenvalue weighted by Gasteiger charge is 2.37. The Morgan fingerprint density at radius 2 is 1.63 bits per heavy atom. The van der Waals surface area contributed by atoms with Crippen molar-refractivity contribution < 1.29 is 22.4 Å². The third kappa shape index (κ3) is 8.44. The van der Waals surface area contributed by atoms with Gasteiger partial charge in [-0.2, -0.15) is 0 Å². The summed E-state index contributed by atoms with van der Waals surface area (Å²) in [4.78, 5) is 13.3. The van der Waals surface area contributed by atoms with Crippen molar-refractivity contribution >= 4 is 19.9 Å². The Morgan fingerprint density at radius 3 is 2.21 bits per heavy atom. The summed E-state index contributed by atoms with van der Waals surface area (Å²) in [6.45, 7) is 19.7. The van der Waals surface area contributed by atoms with E-state index in [4.69, 9.17) is 4.43 Å². The molecule has 0 fully saturated rings. The number of nitrogens with one attached hydrogen (secondary N) is 1. The normalized spacial score (nSPS) is 13.5. The highest BCUT2D eigenvalue weighted by molar-refractivity contribution is 6.74. The summed E-state index contributed by atoms with van der Waals surface area (Å²) < 4.78 is 48.7. The minimum atomic E-state index is -1.96. The SMILES string of the molecule is CCCCCC(CC(=O)Nc1cc(CO[Si](C)(C)C(C)(C)C)ccc1C(C)(C)C)c1ccc(F)c(F)c1F. The lowest BCUT2D eigenvalue weighted by molar-refractivity contribution is -0.116. The summed E-state index contributed by atoms with van der Waals surface area (Å²) >= 11 is 0. The summed E-state index contributed by atoms with van der Waals surface area (Å²) in [6, 6.07) is 8.20. The molecule has 0 aromatic heterocycles. The average molecular weight is 550 g/mol. The second-order valence-electron chi connectivity index (χ2n) is 12.9. The maximum absolute atomic E-state index is 14.7. The number of unbranched alkanes of at least 4 members (excludes halogenated alkanes) is 2. The summed E-state index contributed by atoms with van der Waals surface area (Å²) in [5.41, 5.74) is 2.45. The van der Waals surface area contributed by atoms with Crippen LogP contribution in [0.2, 0.25) is 18.1 Å². The molecule has 7 heteroatoms. The predicted octanol–water partition coefficient (Wildman–Crippen LogP) is 9.62. The van der Waals surface area contributed by atoms with Gasteiger partial charge < -0.3 is 9.74 Å². The Morgan fingerprint density at radius 1 is 0.974 bits per heavy atom. The zero-order valence-electron chi connectivity index (χ0n) is 24.7. The van der Waals surface area contributed by atoms with Crippen molar-refractivity contribution in [2.45, 2.75) is 117 Å². The number of halogens is 3. The van der Waals surface area contributed by atoms with E-state index in [9.17, 15) is 18.0 Å². The molecule has 38 heavy (non-hydrogen) atoms. The average Bonchev–Trinajstić information content (AvgIpc) is 2.79. The van der Waals surface area contributed by atoms with Gasteiger partial charge in [-0.3, -0.25) is 4.79 Å². The molecule has 0 spiro atoms. The molecule has 1 unspecified atom stereocenters. The molecule has 1 N–H and O–H groups in total. The van der Waals surface area contributed by atoms with Crippen molar-refractivity contribution in [3.63, 3.8) is 0 Å². The summed E-state index contributed by atoms with van der Waals surface area (Å²) in [7, 11) is -1.96. The molecule has 1 atom stereocenters. The van der Waals surface area contributed by atoms with E-state index >= 15 is 0 Å². The van der Waals surface area contributed by atoms with E-state index in [0.717, 1.165) is 36.5 Å². The first-order valence-electron chi connectivity index (χ1n) is 13.7. The molecule has 0 bridgehead atoms. The van der Waals surface area contributed by atoms with Gasteiger partial charge in [0.25, 0.3) is 0 Å². The summed E-state index contributed by atoms with van der Waals surface area (Å²) in [6.07, 6.45) is 3.11. The quantitative estimate of drug-likeness (QED) is 0.172. The van der Waals surface area contributed by atoms with E-state index in [1.807, 2.05) is 18.2 Å². The van der Waals surface area contributed by atoms with E-state index in [2.05, 4.69) is 66.9 Å². The fourth-order valence-electron chi connectivity index (χ4n) is 4.21. The Hall–Kier alpha value is -2.12. The van der Waals surface area contributed by atoms with Crippen LogP contribution in [0.4, 0.5) is 18.9 Å². The second-order valence-corrected chi connectivity index (χ2v) is 17.7. The van der Waals surface area contributed by atoms with Crippen molar-refractivity contribution in [3.05, 3.63) is 64.5 Å². The lowest BCUT2D eigenvalue weighted by Crippen LogP contribution is -2.40. The van der Waals surface area contributed by atoms with Crippen LogP contribution in [0.15, 0.2) is 30.3 Å². The standard InChI is InChI=1S/C31H46F3NO2Si/c1-10-11-12-13-22(23-15-17-25(32)29(34)28(23)33)19-27(36)35-26-18-21(14-16-24(26)30(2,3)4)20-37-38(8,9)31(5,6)7/h14-18,22H,10-13,19-20H2,1-9H3,(H,35,36). The van der Waals surface area contributed by atoms with Crippen molar-refractivity contribution in [2.24, 2.45) is 0 Å². The number of hydrogen-bond donors (Lipinski definition) is 1. The molecular formula is C31H46F3NO2Si. The fourth-order valence-corrected chi connectivity index (χ4v) is 5.17. The van der Waals surface area contributed by atoms with E-state index in [-0.39, 0.29) is 28.3 Å². The van der Waals surface area contributed by atoms with Gasteiger partial charge in [0.1, 0.15) is 0 Å². The van der Waals surface area contributed by atoms with Crippen molar-refractivity contribution in [1.29, 1.82) is 0 Å². The number of benzene rings is 2. The van der Waals surface area contributed by atoms with Gasteiger partial charge in [0.15, 0.2) is 25.8 Å². The molecule has 0 aliphatic rings. The van der Waals surface area contributed by atoms with Gasteiger partial charge >= 0.3 is 0 Å². The van der Waals surface area contributed by atoms with Crippen molar-refractivity contribution in [2.75, 3.05) is 5.32 Å². The van der Waals surface area contributed by atoms with Crippen LogP contribution in [-0.4, -0.2) is 14.2 Å². The first kappa shape index (κ1) is 32.1. The van der Waals surface area contributed by atoms with Crippen LogP contribution < -0.4 is 5.32 Å². The fraction of sp³-hybridized carbons (Fsp3) is 0.581. The third-order valence-electron chi connectivity index (χ3n) is 7.66. The zero-order chi connectivity index (χ0) is 28.9. The topological polar surface area (TPSA) is 38.3 Å². The van der Waals surface area contributed by atoms with Crippen LogP contribution in [0.1, 0.15) is 103 Å². The third-order valence-corrected chi connectivity index (χ3v) is 12.1. The summed E-state index contributed by atoms with van der Waals surface area (Å²) in [5.74, 6) is -4.77. The molecule has 2 aromatic rings. The molecule has 0 aliphatic carbocycles. The first-order chi connectivity index (χ1) is 17.5. The van der Waals surface area contributed by atoms with Gasteiger partial charge in [0.2, 0.25) is 5.91 Å². The molecule has 2 aromatic carbocycles. The van der Waals surface area contributed by atoms with Crippen LogP contribution in [0.25, 0.3) is 0 Å². The van der Waals surface area contributed by atoms with Gasteiger partial charge in [-0.25, -0.2) is 13.2 Å². The molecule has 0 saturated heterocycles. The molecule has 0 aliphatic heterocycles. The van der Waals surface area contributed by atoms with Gasteiger partial charge in [-0.1, -0.05) is 85.9 Å². The highest BCUT2D eigenvalue weighted by atomic mass is 28.4. The van der Waals surface area contributed by atoms with Gasteiger partial charge in [0, 0.05) is 12.1 Å². The van der Waals surface area contributed by atoms with Crippen molar-refractivity contribution in [3.8, 4) is 0 Å². The predicted molar refractivity (Wildman–Crippen MR) is 154 cm³/mol. The van der Waals surface area contributed by atoms with Crippen LogP contribution >= 0.6 is 0 Å². The number of amides is 1. The largest absolute Gasteiger partial charge is 0.413 e. The smallest absolute Gasteiger partial charge is 0.224 e. The Bertz CT molecular complexity index is 1100. The Balaban J connectivity index is 2.32. The maximum atomic E-state index is 14.7. The van der Waals surface area contributed by atoms with Crippen molar-refractivity contribution in [1.82, 2.24) is 0 Å². The number of carbonyl (C=O) groups is 1. The van der Waals surface area contributed by atoms with Crippen LogP contribution in [0, 0.1) is 17.5 Å². The van der Waals surface area contributed by atoms with Gasteiger partial charge in [0.05, 0.1) is 6.61 Å². The van der Waals surface area contributed by atoms with Crippen LogP contribution in [0.5, 0.6) is 0 Å². The first-order valence-corrected chi connectivity index (χ1v) is 16.6. The number of hydrogen-bond acceptors (Lipinski definition) is 2. The van der Waals surface area contributed by atoms with Crippen LogP contribution in [0.3, 0.4) is 0 Å². The van der Waals surface area contributed by atoms with E-state index in [1.54, 1.807) is 0 Å². The molecule has 3 nitrogen and oxygen atoms in total. The molecule has 2 rings (SSSR count). The van der Waals surface area contributed by atoms with Gasteiger partial charge in [-0.05, 0) is 64.7 Å². The monoisotopic (exact) mass is 549 g/mol. The highest BCUT2D eigenvalue weighted by Crippen LogP contribution is 2.38. The maximum Gasteiger partial charge on any atom is 0.224 e. The molecule has 0 saturated carbocycles. The molecule has 0 heterocycles. The molecule has 0 radical (unpaired) electrons. The minimum absolute atomic E-state index is 0.0278.